The third-order valence-corrected chi connectivity index (χ3v) is 3.88. The molecule has 0 aromatic carbocycles. The van der Waals surface area contributed by atoms with Crippen LogP contribution in [0.4, 0.5) is 0 Å². The molecule has 2 N–H and O–H groups in total. The molecule has 3 heteroatoms. The first-order chi connectivity index (χ1) is 7.59. The minimum atomic E-state index is 0.179. The number of hydrogen-bond acceptors (Lipinski definition) is 3. The highest BCUT2D eigenvalue weighted by Crippen LogP contribution is 2.35. The van der Waals surface area contributed by atoms with Gasteiger partial charge in [0, 0.05) is 11.1 Å². The summed E-state index contributed by atoms with van der Waals surface area (Å²) in [5.41, 5.74) is 0.397. The molecule has 17 heavy (non-hydrogen) atoms. The van der Waals surface area contributed by atoms with Crippen LogP contribution in [0.3, 0.4) is 0 Å². The predicted molar refractivity (Wildman–Crippen MR) is 74.9 cm³/mol. The van der Waals surface area contributed by atoms with Gasteiger partial charge in [0.2, 0.25) is 0 Å². The van der Waals surface area contributed by atoms with Gasteiger partial charge < -0.3 is 5.32 Å². The molecule has 0 aliphatic carbocycles. The summed E-state index contributed by atoms with van der Waals surface area (Å²) < 4.78 is 0. The van der Waals surface area contributed by atoms with E-state index in [4.69, 9.17) is 0 Å². The Morgan fingerprint density at radius 2 is 1.76 bits per heavy atom. The topological polar surface area (TPSA) is 27.3 Å². The summed E-state index contributed by atoms with van der Waals surface area (Å²) in [5, 5.41) is 7.10. The van der Waals surface area contributed by atoms with Crippen LogP contribution in [0, 0.1) is 5.92 Å². The average Bonchev–Trinajstić information content (AvgIpc) is 2.17. The van der Waals surface area contributed by atoms with Crippen LogP contribution in [0.25, 0.3) is 0 Å². The molecule has 3 atom stereocenters. The van der Waals surface area contributed by atoms with Crippen molar-refractivity contribution >= 4 is 0 Å². The van der Waals surface area contributed by atoms with Crippen LogP contribution in [0.5, 0.6) is 0 Å². The van der Waals surface area contributed by atoms with Gasteiger partial charge >= 0.3 is 0 Å². The highest BCUT2D eigenvalue weighted by atomic mass is 15.4. The van der Waals surface area contributed by atoms with Crippen LogP contribution in [-0.4, -0.2) is 35.4 Å². The van der Waals surface area contributed by atoms with E-state index in [-0.39, 0.29) is 11.1 Å². The fourth-order valence-electron chi connectivity index (χ4n) is 3.88. The quantitative estimate of drug-likeness (QED) is 0.738. The number of nitrogens with one attached hydrogen (secondary N) is 2. The summed E-state index contributed by atoms with van der Waals surface area (Å²) in [5.74, 6) is 0.629. The fourth-order valence-corrected chi connectivity index (χ4v) is 3.88. The van der Waals surface area contributed by atoms with E-state index >= 15 is 0 Å². The number of rotatable bonds is 1. The summed E-state index contributed by atoms with van der Waals surface area (Å²) in [7, 11) is 2.04. The number of hydrogen-bond donors (Lipinski definition) is 2. The molecule has 0 amide bonds. The molecule has 0 saturated carbocycles. The summed E-state index contributed by atoms with van der Waals surface area (Å²) in [6.07, 6.45) is 1.98. The minimum Gasteiger partial charge on any atom is -0.305 e. The molecule has 102 valence electrons. The molecule has 1 fully saturated rings. The second kappa shape index (κ2) is 4.87. The van der Waals surface area contributed by atoms with Gasteiger partial charge in [0.25, 0.3) is 0 Å². The van der Waals surface area contributed by atoms with E-state index in [0.29, 0.717) is 18.2 Å². The highest BCUT2D eigenvalue weighted by Gasteiger charge is 2.43. The van der Waals surface area contributed by atoms with Gasteiger partial charge in [-0.2, -0.15) is 0 Å². The molecule has 1 aliphatic rings. The molecule has 1 saturated heterocycles. The van der Waals surface area contributed by atoms with Crippen molar-refractivity contribution in [2.75, 3.05) is 7.05 Å². The Balaban J connectivity index is 3.04. The van der Waals surface area contributed by atoms with Crippen molar-refractivity contribution in [3.05, 3.63) is 0 Å². The maximum atomic E-state index is 3.71. The van der Waals surface area contributed by atoms with Gasteiger partial charge in [-0.05, 0) is 60.9 Å². The zero-order valence-electron chi connectivity index (χ0n) is 12.9. The van der Waals surface area contributed by atoms with Crippen molar-refractivity contribution < 1.29 is 0 Å². The zero-order valence-corrected chi connectivity index (χ0v) is 12.9. The second-order valence-electron chi connectivity index (χ2n) is 7.14. The molecule has 1 aliphatic heterocycles. The third kappa shape index (κ3) is 3.21. The monoisotopic (exact) mass is 241 g/mol. The Hall–Kier alpha value is -0.120. The minimum absolute atomic E-state index is 0.179. The Morgan fingerprint density at radius 3 is 2.18 bits per heavy atom. The fraction of sp³-hybridized carbons (Fsp3) is 1.00. The van der Waals surface area contributed by atoms with Crippen LogP contribution < -0.4 is 10.6 Å². The Kier molecular flexibility index (Phi) is 4.28. The molecule has 0 radical (unpaired) electrons. The van der Waals surface area contributed by atoms with E-state index in [1.54, 1.807) is 0 Å². The van der Waals surface area contributed by atoms with Crippen LogP contribution in [0.15, 0.2) is 0 Å². The standard InChI is InChI=1S/C14H31N3/c1-10-9-14(6,7)17(13(3,4)5)11(2)16-12(10)15-8/h10-12,15-16H,9H2,1-8H3. The van der Waals surface area contributed by atoms with E-state index in [2.05, 4.69) is 64.0 Å². The molecular weight excluding hydrogens is 210 g/mol. The van der Waals surface area contributed by atoms with Crippen molar-refractivity contribution in [1.82, 2.24) is 15.5 Å². The highest BCUT2D eigenvalue weighted by molar-refractivity contribution is 4.97. The molecule has 0 bridgehead atoms. The van der Waals surface area contributed by atoms with Crippen LogP contribution >= 0.6 is 0 Å². The Labute approximate surface area is 107 Å². The smallest absolute Gasteiger partial charge is 0.0608 e. The molecule has 0 aromatic rings. The first-order valence-electron chi connectivity index (χ1n) is 6.82. The molecule has 3 nitrogen and oxygen atoms in total. The van der Waals surface area contributed by atoms with Crippen molar-refractivity contribution in [3.63, 3.8) is 0 Å². The molecule has 1 heterocycles. The summed E-state index contributed by atoms with van der Waals surface area (Å²) in [6, 6.07) is 0. The van der Waals surface area contributed by atoms with E-state index in [1.807, 2.05) is 7.05 Å². The van der Waals surface area contributed by atoms with E-state index in [9.17, 15) is 0 Å². The SMILES string of the molecule is CNC1NC(C)N(C(C)(C)C)C(C)(C)CC1C. The molecule has 1 rings (SSSR count). The summed E-state index contributed by atoms with van der Waals surface area (Å²) >= 11 is 0. The van der Waals surface area contributed by atoms with Gasteiger partial charge in [-0.3, -0.25) is 10.2 Å². The van der Waals surface area contributed by atoms with E-state index in [0.717, 1.165) is 0 Å². The lowest BCUT2D eigenvalue weighted by Gasteiger charge is -2.49. The lowest BCUT2D eigenvalue weighted by molar-refractivity contribution is -0.0165. The molecule has 0 aromatic heterocycles. The third-order valence-electron chi connectivity index (χ3n) is 3.88. The first kappa shape index (κ1) is 14.9. The van der Waals surface area contributed by atoms with Crippen molar-refractivity contribution in [2.24, 2.45) is 5.92 Å². The van der Waals surface area contributed by atoms with Gasteiger partial charge in [-0.15, -0.1) is 0 Å². The van der Waals surface area contributed by atoms with Crippen molar-refractivity contribution in [1.29, 1.82) is 0 Å². The van der Waals surface area contributed by atoms with Crippen molar-refractivity contribution in [2.45, 2.75) is 78.3 Å². The van der Waals surface area contributed by atoms with Gasteiger partial charge in [0.15, 0.2) is 0 Å². The second-order valence-corrected chi connectivity index (χ2v) is 7.14. The molecular formula is C14H31N3. The molecule has 3 unspecified atom stereocenters. The van der Waals surface area contributed by atoms with Crippen LogP contribution in [-0.2, 0) is 0 Å². The Bertz CT molecular complexity index is 255. The van der Waals surface area contributed by atoms with Gasteiger partial charge in [0.1, 0.15) is 0 Å². The number of nitrogens with zero attached hydrogens (tertiary/aromatic N) is 1. The zero-order chi connectivity index (χ0) is 13.4. The average molecular weight is 241 g/mol. The first-order valence-corrected chi connectivity index (χ1v) is 6.82. The lowest BCUT2D eigenvalue weighted by Crippen LogP contribution is -2.61. The lowest BCUT2D eigenvalue weighted by atomic mass is 9.86. The van der Waals surface area contributed by atoms with Gasteiger partial charge in [-0.25, -0.2) is 0 Å². The maximum Gasteiger partial charge on any atom is 0.0608 e. The van der Waals surface area contributed by atoms with Gasteiger partial charge in [0.05, 0.1) is 12.3 Å². The predicted octanol–water partition coefficient (Wildman–Crippen LogP) is 2.39. The normalized spacial score (nSPS) is 35.6. The van der Waals surface area contributed by atoms with Crippen LogP contribution in [0.1, 0.15) is 54.9 Å². The maximum absolute atomic E-state index is 3.71. The van der Waals surface area contributed by atoms with E-state index < -0.39 is 0 Å². The largest absolute Gasteiger partial charge is 0.305 e. The van der Waals surface area contributed by atoms with Gasteiger partial charge in [-0.1, -0.05) is 6.92 Å². The van der Waals surface area contributed by atoms with E-state index in [1.165, 1.54) is 6.42 Å². The Morgan fingerprint density at radius 1 is 1.24 bits per heavy atom. The van der Waals surface area contributed by atoms with Crippen LogP contribution in [0.2, 0.25) is 0 Å². The summed E-state index contributed by atoms with van der Waals surface area (Å²) in [4.78, 5) is 2.60. The molecule has 0 spiro atoms. The summed E-state index contributed by atoms with van der Waals surface area (Å²) in [6.45, 7) is 16.2. The van der Waals surface area contributed by atoms with Crippen molar-refractivity contribution in [3.8, 4) is 0 Å².